The van der Waals surface area contributed by atoms with Crippen LogP contribution in [0.4, 0.5) is 18.9 Å². The molecule has 4 rings (SSSR count). The highest BCUT2D eigenvalue weighted by molar-refractivity contribution is 8.19. The number of benzene rings is 2. The minimum atomic E-state index is -4.84. The van der Waals surface area contributed by atoms with E-state index < -0.39 is 24.0 Å². The van der Waals surface area contributed by atoms with Crippen LogP contribution in [0.25, 0.3) is 17.4 Å². The summed E-state index contributed by atoms with van der Waals surface area (Å²) < 4.78 is 46.5. The molecule has 0 radical (unpaired) electrons. The number of carboxylic acid groups (broad SMARTS) is 1. The molecule has 0 atom stereocenters. The molecule has 2 heterocycles. The molecule has 33 heavy (non-hydrogen) atoms. The minimum absolute atomic E-state index is 0.0129. The lowest BCUT2D eigenvalue weighted by atomic mass is 10.1. The quantitative estimate of drug-likeness (QED) is 0.555. The Labute approximate surface area is 188 Å². The zero-order chi connectivity index (χ0) is 23.8. The molecule has 3 aromatic rings. The van der Waals surface area contributed by atoms with E-state index in [1.807, 2.05) is 0 Å². The van der Waals surface area contributed by atoms with Gasteiger partial charge in [-0.05, 0) is 59.8 Å². The van der Waals surface area contributed by atoms with Crippen LogP contribution < -0.4 is 14.7 Å². The number of carbonyl (C=O) groups excluding carboxylic acids is 2. The molecule has 0 unspecified atom stereocenters. The maximum atomic E-state index is 12.8. The smallest absolute Gasteiger partial charge is 0.545 e. The number of amidine groups is 1. The van der Waals surface area contributed by atoms with Crippen molar-refractivity contribution in [2.24, 2.45) is 0 Å². The average Bonchev–Trinajstić information content (AvgIpc) is 3.32. The van der Waals surface area contributed by atoms with Crippen molar-refractivity contribution in [2.45, 2.75) is 6.36 Å². The molecular formula is C22H12F3N2O5S-. The number of nitrogens with zero attached hydrogens (tertiary/aromatic N) is 1. The molecule has 1 N–H and O–H groups in total. The van der Waals surface area contributed by atoms with Crippen LogP contribution >= 0.6 is 11.8 Å². The Hall–Kier alpha value is -3.99. The lowest BCUT2D eigenvalue weighted by Crippen LogP contribution is -2.28. The van der Waals surface area contributed by atoms with Gasteiger partial charge in [0, 0.05) is 11.6 Å². The van der Waals surface area contributed by atoms with Crippen LogP contribution in [0.3, 0.4) is 0 Å². The number of thioether (sulfide) groups is 1. The summed E-state index contributed by atoms with van der Waals surface area (Å²) in [5.41, 5.74) is 0.693. The van der Waals surface area contributed by atoms with E-state index in [2.05, 4.69) is 4.74 Å². The number of anilines is 1. The Morgan fingerprint density at radius 2 is 1.85 bits per heavy atom. The fourth-order valence-electron chi connectivity index (χ4n) is 3.03. The van der Waals surface area contributed by atoms with E-state index in [4.69, 9.17) is 9.83 Å². The van der Waals surface area contributed by atoms with E-state index in [1.165, 1.54) is 30.3 Å². The van der Waals surface area contributed by atoms with Gasteiger partial charge in [0.1, 0.15) is 17.3 Å². The number of ether oxygens (including phenoxy) is 1. The van der Waals surface area contributed by atoms with Gasteiger partial charge in [0.2, 0.25) is 0 Å². The molecule has 11 heteroatoms. The molecule has 1 aliphatic heterocycles. The van der Waals surface area contributed by atoms with E-state index in [9.17, 15) is 27.9 Å². The summed E-state index contributed by atoms with van der Waals surface area (Å²) in [5, 5.41) is 19.0. The van der Waals surface area contributed by atoms with Crippen LogP contribution in [0.1, 0.15) is 16.1 Å². The zero-order valence-electron chi connectivity index (χ0n) is 16.4. The number of hydrogen-bond acceptors (Lipinski definition) is 7. The number of halogens is 3. The topological polar surface area (TPSA) is 107 Å². The Morgan fingerprint density at radius 3 is 2.52 bits per heavy atom. The highest BCUT2D eigenvalue weighted by Gasteiger charge is 2.34. The molecule has 0 bridgehead atoms. The molecule has 1 aromatic heterocycles. The van der Waals surface area contributed by atoms with Crippen molar-refractivity contribution in [3.05, 3.63) is 76.9 Å². The second kappa shape index (κ2) is 8.51. The van der Waals surface area contributed by atoms with E-state index in [0.717, 1.165) is 28.8 Å². The standard InChI is InChI=1S/C22H13F3N2O5S/c23-22(24,25)32-15-6-4-14(5-7-15)27-19(28)18(33-21(27)26)11-16-8-9-17(31-16)12-2-1-3-13(10-12)20(29)30/h1-11,26H,(H,29,30)/p-1. The number of furan rings is 1. The van der Waals surface area contributed by atoms with Gasteiger partial charge < -0.3 is 19.1 Å². The van der Waals surface area contributed by atoms with Gasteiger partial charge in [-0.25, -0.2) is 0 Å². The summed E-state index contributed by atoms with van der Waals surface area (Å²) in [7, 11) is 0. The Kier molecular flexibility index (Phi) is 5.73. The monoisotopic (exact) mass is 473 g/mol. The van der Waals surface area contributed by atoms with Crippen LogP contribution in [-0.2, 0) is 4.79 Å². The van der Waals surface area contributed by atoms with Gasteiger partial charge in [0.25, 0.3) is 5.91 Å². The van der Waals surface area contributed by atoms with Crippen molar-refractivity contribution < 1.29 is 37.0 Å². The molecule has 168 valence electrons. The predicted octanol–water partition coefficient (Wildman–Crippen LogP) is 4.26. The third kappa shape index (κ3) is 4.93. The van der Waals surface area contributed by atoms with Gasteiger partial charge in [-0.15, -0.1) is 13.2 Å². The third-order valence-electron chi connectivity index (χ3n) is 4.44. The van der Waals surface area contributed by atoms with E-state index in [0.29, 0.717) is 17.1 Å². The molecule has 0 spiro atoms. The van der Waals surface area contributed by atoms with E-state index >= 15 is 0 Å². The number of rotatable bonds is 5. The molecule has 1 amide bonds. The number of aromatic carboxylic acids is 1. The lowest BCUT2D eigenvalue weighted by Gasteiger charge is -2.15. The van der Waals surface area contributed by atoms with Crippen LogP contribution in [0.5, 0.6) is 5.75 Å². The number of amides is 1. The summed E-state index contributed by atoms with van der Waals surface area (Å²) in [6.07, 6.45) is -3.41. The van der Waals surface area contributed by atoms with E-state index in [-0.39, 0.29) is 21.3 Å². The summed E-state index contributed by atoms with van der Waals surface area (Å²) in [6, 6.07) is 13.8. The molecule has 2 aromatic carbocycles. The minimum Gasteiger partial charge on any atom is -0.545 e. The molecule has 7 nitrogen and oxygen atoms in total. The largest absolute Gasteiger partial charge is 0.573 e. The fraction of sp³-hybridized carbons (Fsp3) is 0.0455. The summed E-state index contributed by atoms with van der Waals surface area (Å²) in [4.78, 5) is 25.1. The van der Waals surface area contributed by atoms with Crippen molar-refractivity contribution >= 4 is 40.6 Å². The van der Waals surface area contributed by atoms with Crippen molar-refractivity contribution in [1.82, 2.24) is 0 Å². The van der Waals surface area contributed by atoms with Gasteiger partial charge in [-0.1, -0.05) is 18.2 Å². The Bertz CT molecular complexity index is 1280. The van der Waals surface area contributed by atoms with Gasteiger partial charge in [-0.2, -0.15) is 0 Å². The van der Waals surface area contributed by atoms with Crippen molar-refractivity contribution in [1.29, 1.82) is 5.41 Å². The van der Waals surface area contributed by atoms with E-state index in [1.54, 1.807) is 24.3 Å². The van der Waals surface area contributed by atoms with Gasteiger partial charge >= 0.3 is 6.36 Å². The first-order valence-corrected chi connectivity index (χ1v) is 10.0. The summed E-state index contributed by atoms with van der Waals surface area (Å²) in [5.74, 6) is -1.66. The number of carboxylic acids is 1. The van der Waals surface area contributed by atoms with Crippen LogP contribution in [0, 0.1) is 5.41 Å². The maximum Gasteiger partial charge on any atom is 0.573 e. The SMILES string of the molecule is N=C1SC(=Cc2ccc(-c3cccc(C(=O)[O-])c3)o2)C(=O)N1c1ccc(OC(F)(F)F)cc1. The number of carbonyl (C=O) groups is 2. The normalized spacial score (nSPS) is 15.4. The maximum absolute atomic E-state index is 12.8. The highest BCUT2D eigenvalue weighted by Crippen LogP contribution is 2.37. The van der Waals surface area contributed by atoms with Crippen molar-refractivity contribution in [3.63, 3.8) is 0 Å². The van der Waals surface area contributed by atoms with Crippen LogP contribution in [0.15, 0.2) is 70.0 Å². The molecule has 0 saturated carbocycles. The van der Waals surface area contributed by atoms with Gasteiger partial charge in [-0.3, -0.25) is 15.1 Å². The fourth-order valence-corrected chi connectivity index (χ4v) is 3.87. The molecular weight excluding hydrogens is 461 g/mol. The molecule has 0 aliphatic carbocycles. The number of nitrogens with one attached hydrogen (secondary N) is 1. The van der Waals surface area contributed by atoms with Crippen molar-refractivity contribution in [2.75, 3.05) is 4.90 Å². The zero-order valence-corrected chi connectivity index (χ0v) is 17.2. The first-order valence-electron chi connectivity index (χ1n) is 9.21. The first kappa shape index (κ1) is 22.2. The Balaban J connectivity index is 1.54. The lowest BCUT2D eigenvalue weighted by molar-refractivity contribution is -0.274. The van der Waals surface area contributed by atoms with Crippen LogP contribution in [-0.4, -0.2) is 23.4 Å². The second-order valence-electron chi connectivity index (χ2n) is 6.67. The van der Waals surface area contributed by atoms with Gasteiger partial charge in [0.05, 0.1) is 16.6 Å². The van der Waals surface area contributed by atoms with Crippen LogP contribution in [0.2, 0.25) is 0 Å². The second-order valence-corrected chi connectivity index (χ2v) is 7.70. The first-order chi connectivity index (χ1) is 15.6. The predicted molar refractivity (Wildman–Crippen MR) is 112 cm³/mol. The average molecular weight is 473 g/mol. The Morgan fingerprint density at radius 1 is 1.12 bits per heavy atom. The molecule has 1 fully saturated rings. The van der Waals surface area contributed by atoms with Crippen molar-refractivity contribution in [3.8, 4) is 17.1 Å². The summed E-state index contributed by atoms with van der Waals surface area (Å²) in [6.45, 7) is 0. The number of alkyl halides is 3. The highest BCUT2D eigenvalue weighted by atomic mass is 32.2. The third-order valence-corrected chi connectivity index (χ3v) is 5.32. The molecule has 1 aliphatic rings. The van der Waals surface area contributed by atoms with Gasteiger partial charge in [0.15, 0.2) is 5.17 Å². The molecule has 1 saturated heterocycles. The summed E-state index contributed by atoms with van der Waals surface area (Å²) >= 11 is 0.861. The number of hydrogen-bond donors (Lipinski definition) is 1.